The van der Waals surface area contributed by atoms with Crippen LogP contribution in [0.1, 0.15) is 24.2 Å². The molecule has 3 heteroatoms. The average Bonchev–Trinajstić information content (AvgIpc) is 2.97. The van der Waals surface area contributed by atoms with Crippen molar-refractivity contribution in [3.8, 4) is 0 Å². The quantitative estimate of drug-likeness (QED) is 0.830. The summed E-state index contributed by atoms with van der Waals surface area (Å²) in [4.78, 5) is 2.36. The summed E-state index contributed by atoms with van der Waals surface area (Å²) in [6.45, 7) is 5.62. The predicted molar refractivity (Wildman–Crippen MR) is 77.9 cm³/mol. The maximum atomic E-state index is 5.93. The minimum atomic E-state index is 0.371. The molecule has 1 atom stereocenters. The number of likely N-dealkylation sites (N-methyl/N-ethyl adjacent to an activating group) is 1. The van der Waals surface area contributed by atoms with Crippen LogP contribution in [0.15, 0.2) is 53.1 Å². The topological polar surface area (TPSA) is 42.4 Å². The molecule has 0 spiro atoms. The molecule has 0 saturated heterocycles. The van der Waals surface area contributed by atoms with E-state index in [4.69, 9.17) is 10.2 Å². The van der Waals surface area contributed by atoms with Crippen LogP contribution in [0.2, 0.25) is 0 Å². The molecule has 0 bridgehead atoms. The van der Waals surface area contributed by atoms with Crippen LogP contribution in [0, 0.1) is 0 Å². The lowest BCUT2D eigenvalue weighted by Crippen LogP contribution is -2.31. The highest BCUT2D eigenvalue weighted by Gasteiger charge is 2.14. The lowest BCUT2D eigenvalue weighted by molar-refractivity contribution is 0.241. The molecule has 2 N–H and O–H groups in total. The van der Waals surface area contributed by atoms with Gasteiger partial charge in [-0.2, -0.15) is 0 Å². The van der Waals surface area contributed by atoms with Gasteiger partial charge in [0.25, 0.3) is 0 Å². The van der Waals surface area contributed by atoms with Crippen molar-refractivity contribution in [2.45, 2.75) is 19.4 Å². The summed E-state index contributed by atoms with van der Waals surface area (Å²) in [5.41, 5.74) is 7.24. The van der Waals surface area contributed by atoms with E-state index in [9.17, 15) is 0 Å². The minimum absolute atomic E-state index is 0.371. The first-order chi connectivity index (χ1) is 9.33. The first-order valence-electron chi connectivity index (χ1n) is 6.83. The zero-order valence-corrected chi connectivity index (χ0v) is 11.5. The van der Waals surface area contributed by atoms with Gasteiger partial charge in [0, 0.05) is 19.0 Å². The van der Waals surface area contributed by atoms with E-state index in [0.29, 0.717) is 12.5 Å². The number of nitrogens with zero attached hydrogens (tertiary/aromatic N) is 1. The molecular weight excluding hydrogens is 236 g/mol. The summed E-state index contributed by atoms with van der Waals surface area (Å²) in [7, 11) is 0. The highest BCUT2D eigenvalue weighted by atomic mass is 16.3. The summed E-state index contributed by atoms with van der Waals surface area (Å²) in [6, 6.07) is 14.4. The van der Waals surface area contributed by atoms with Gasteiger partial charge in [-0.15, -0.1) is 0 Å². The van der Waals surface area contributed by atoms with Gasteiger partial charge in [0.2, 0.25) is 0 Å². The molecule has 1 aromatic carbocycles. The van der Waals surface area contributed by atoms with E-state index in [1.807, 2.05) is 18.2 Å². The number of furan rings is 1. The molecule has 0 radical (unpaired) electrons. The second kappa shape index (κ2) is 7.12. The molecular formula is C16H22N2O. The van der Waals surface area contributed by atoms with Crippen LogP contribution in [0.4, 0.5) is 0 Å². The number of nitrogens with two attached hydrogens (primary N) is 1. The lowest BCUT2D eigenvalue weighted by Gasteiger charge is -2.25. The van der Waals surface area contributed by atoms with Gasteiger partial charge in [-0.1, -0.05) is 37.3 Å². The summed E-state index contributed by atoms with van der Waals surface area (Å²) in [5.74, 6) is 1.38. The SMILES string of the molecule is CCN(Cc1ccco1)CC(CN)c1ccccc1. The predicted octanol–water partition coefficient (Wildman–Crippen LogP) is 2.84. The van der Waals surface area contributed by atoms with Gasteiger partial charge >= 0.3 is 0 Å². The standard InChI is InChI=1S/C16H22N2O/c1-2-18(13-16-9-6-10-19-16)12-15(11-17)14-7-4-3-5-8-14/h3-10,15H,2,11-13,17H2,1H3. The molecule has 0 amide bonds. The third-order valence-electron chi connectivity index (χ3n) is 3.44. The molecule has 0 aliphatic rings. The molecule has 102 valence electrons. The summed E-state index contributed by atoms with van der Waals surface area (Å²) >= 11 is 0. The fourth-order valence-electron chi connectivity index (χ4n) is 2.28. The maximum Gasteiger partial charge on any atom is 0.117 e. The van der Waals surface area contributed by atoms with Crippen LogP contribution in [0.25, 0.3) is 0 Å². The molecule has 19 heavy (non-hydrogen) atoms. The Kier molecular flexibility index (Phi) is 5.19. The highest BCUT2D eigenvalue weighted by molar-refractivity contribution is 5.20. The molecule has 0 fully saturated rings. The Morgan fingerprint density at radius 1 is 1.16 bits per heavy atom. The monoisotopic (exact) mass is 258 g/mol. The van der Waals surface area contributed by atoms with Crippen molar-refractivity contribution in [2.24, 2.45) is 5.73 Å². The van der Waals surface area contributed by atoms with Gasteiger partial charge in [0.05, 0.1) is 12.8 Å². The van der Waals surface area contributed by atoms with Crippen molar-refractivity contribution in [1.29, 1.82) is 0 Å². The van der Waals surface area contributed by atoms with Crippen LogP contribution in [-0.2, 0) is 6.54 Å². The Morgan fingerprint density at radius 2 is 1.95 bits per heavy atom. The van der Waals surface area contributed by atoms with Crippen LogP contribution in [-0.4, -0.2) is 24.5 Å². The zero-order valence-electron chi connectivity index (χ0n) is 11.5. The van der Waals surface area contributed by atoms with E-state index < -0.39 is 0 Å². The molecule has 1 unspecified atom stereocenters. The first-order valence-corrected chi connectivity index (χ1v) is 6.83. The number of hydrogen-bond acceptors (Lipinski definition) is 3. The summed E-state index contributed by atoms with van der Waals surface area (Å²) in [5, 5.41) is 0. The average molecular weight is 258 g/mol. The molecule has 1 heterocycles. The van der Waals surface area contributed by atoms with Crippen LogP contribution >= 0.6 is 0 Å². The van der Waals surface area contributed by atoms with Crippen molar-refractivity contribution < 1.29 is 4.42 Å². The zero-order chi connectivity index (χ0) is 13.5. The fraction of sp³-hybridized carbons (Fsp3) is 0.375. The van der Waals surface area contributed by atoms with E-state index in [1.54, 1.807) is 6.26 Å². The van der Waals surface area contributed by atoms with E-state index in [2.05, 4.69) is 36.1 Å². The van der Waals surface area contributed by atoms with E-state index in [-0.39, 0.29) is 0 Å². The largest absolute Gasteiger partial charge is 0.468 e. The molecule has 0 saturated carbocycles. The van der Waals surface area contributed by atoms with Crippen molar-refractivity contribution in [3.05, 3.63) is 60.1 Å². The Morgan fingerprint density at radius 3 is 2.53 bits per heavy atom. The third-order valence-corrected chi connectivity index (χ3v) is 3.44. The Bertz CT molecular complexity index is 453. The van der Waals surface area contributed by atoms with E-state index in [1.165, 1.54) is 5.56 Å². The van der Waals surface area contributed by atoms with Gasteiger partial charge in [0.1, 0.15) is 5.76 Å². The van der Waals surface area contributed by atoms with Crippen molar-refractivity contribution in [2.75, 3.05) is 19.6 Å². The van der Waals surface area contributed by atoms with Crippen molar-refractivity contribution >= 4 is 0 Å². The highest BCUT2D eigenvalue weighted by Crippen LogP contribution is 2.17. The van der Waals surface area contributed by atoms with E-state index in [0.717, 1.165) is 25.4 Å². The first kappa shape index (κ1) is 13.8. The van der Waals surface area contributed by atoms with Crippen LogP contribution in [0.3, 0.4) is 0 Å². The Labute approximate surface area is 115 Å². The maximum absolute atomic E-state index is 5.93. The second-order valence-corrected chi connectivity index (χ2v) is 4.75. The van der Waals surface area contributed by atoms with Gasteiger partial charge in [-0.3, -0.25) is 4.90 Å². The number of benzene rings is 1. The van der Waals surface area contributed by atoms with Crippen molar-refractivity contribution in [3.63, 3.8) is 0 Å². The lowest BCUT2D eigenvalue weighted by atomic mass is 9.98. The molecule has 0 aliphatic heterocycles. The molecule has 3 nitrogen and oxygen atoms in total. The third kappa shape index (κ3) is 3.94. The number of rotatable bonds is 7. The van der Waals surface area contributed by atoms with Gasteiger partial charge in [-0.05, 0) is 24.2 Å². The summed E-state index contributed by atoms with van der Waals surface area (Å²) < 4.78 is 5.41. The molecule has 2 aromatic rings. The smallest absolute Gasteiger partial charge is 0.117 e. The molecule has 0 aliphatic carbocycles. The molecule has 1 aromatic heterocycles. The van der Waals surface area contributed by atoms with Gasteiger partial charge < -0.3 is 10.2 Å². The van der Waals surface area contributed by atoms with Crippen molar-refractivity contribution in [1.82, 2.24) is 4.90 Å². The van der Waals surface area contributed by atoms with Gasteiger partial charge in [-0.25, -0.2) is 0 Å². The van der Waals surface area contributed by atoms with Gasteiger partial charge in [0.15, 0.2) is 0 Å². The Balaban J connectivity index is 1.99. The van der Waals surface area contributed by atoms with E-state index >= 15 is 0 Å². The Hall–Kier alpha value is -1.58. The van der Waals surface area contributed by atoms with Crippen LogP contribution < -0.4 is 5.73 Å². The fourth-order valence-corrected chi connectivity index (χ4v) is 2.28. The second-order valence-electron chi connectivity index (χ2n) is 4.75. The summed E-state index contributed by atoms with van der Waals surface area (Å²) in [6.07, 6.45) is 1.72. The minimum Gasteiger partial charge on any atom is -0.468 e. The number of hydrogen-bond donors (Lipinski definition) is 1. The van der Waals surface area contributed by atoms with Crippen LogP contribution in [0.5, 0.6) is 0 Å². The normalized spacial score (nSPS) is 12.8. The molecule has 2 rings (SSSR count).